The third kappa shape index (κ3) is 3.30. The van der Waals surface area contributed by atoms with Crippen LogP contribution in [0.4, 0.5) is 5.69 Å². The van der Waals surface area contributed by atoms with E-state index in [9.17, 15) is 4.79 Å². The van der Waals surface area contributed by atoms with Crippen molar-refractivity contribution in [2.24, 2.45) is 0 Å². The van der Waals surface area contributed by atoms with Crippen molar-refractivity contribution in [3.8, 4) is 5.75 Å². The Morgan fingerprint density at radius 1 is 1.25 bits per heavy atom. The van der Waals surface area contributed by atoms with E-state index >= 15 is 0 Å². The molecular formula is C18H18Cl2N2O2. The zero-order chi connectivity index (χ0) is 17.3. The number of benzene rings is 2. The zero-order valence-electron chi connectivity index (χ0n) is 13.2. The number of nitrogen functional groups attached to an aromatic ring is 1. The first-order valence-electron chi connectivity index (χ1n) is 7.62. The van der Waals surface area contributed by atoms with Gasteiger partial charge in [-0.2, -0.15) is 0 Å². The maximum absolute atomic E-state index is 12.5. The number of halogens is 2. The summed E-state index contributed by atoms with van der Waals surface area (Å²) in [4.78, 5) is 12.5. The van der Waals surface area contributed by atoms with E-state index < -0.39 is 0 Å². The van der Waals surface area contributed by atoms with Crippen molar-refractivity contribution in [1.82, 2.24) is 5.32 Å². The second-order valence-corrected chi connectivity index (χ2v) is 6.89. The van der Waals surface area contributed by atoms with Crippen LogP contribution >= 0.6 is 23.2 Å². The molecule has 126 valence electrons. The Bertz CT molecular complexity index is 771. The predicted molar refractivity (Wildman–Crippen MR) is 97.1 cm³/mol. The number of ether oxygens (including phenoxy) is 1. The SMILES string of the molecule is COc1cc(N)c(Cl)cc1C(=O)NCC1(c2ccc(Cl)cc2)CC1. The standard InChI is InChI=1S/C18H18Cl2N2O2/c1-24-16-9-15(21)14(20)8-13(16)17(23)22-10-18(6-7-18)11-2-4-12(19)5-3-11/h2-5,8-9H,6-7,10,21H2,1H3,(H,22,23). The van der Waals surface area contributed by atoms with Crippen molar-refractivity contribution in [2.75, 3.05) is 19.4 Å². The first kappa shape index (κ1) is 16.9. The number of anilines is 1. The number of nitrogens with two attached hydrogens (primary N) is 1. The molecule has 1 fully saturated rings. The Hall–Kier alpha value is -1.91. The molecule has 1 aliphatic rings. The van der Waals surface area contributed by atoms with Gasteiger partial charge in [0.25, 0.3) is 5.91 Å². The van der Waals surface area contributed by atoms with Gasteiger partial charge in [0, 0.05) is 23.0 Å². The van der Waals surface area contributed by atoms with E-state index in [2.05, 4.69) is 5.32 Å². The lowest BCUT2D eigenvalue weighted by Gasteiger charge is -2.18. The molecule has 0 spiro atoms. The largest absolute Gasteiger partial charge is 0.496 e. The van der Waals surface area contributed by atoms with Crippen molar-refractivity contribution in [1.29, 1.82) is 0 Å². The molecule has 6 heteroatoms. The monoisotopic (exact) mass is 364 g/mol. The molecule has 0 unspecified atom stereocenters. The van der Waals surface area contributed by atoms with Gasteiger partial charge in [0.05, 0.1) is 23.4 Å². The normalized spacial score (nSPS) is 15.0. The van der Waals surface area contributed by atoms with Crippen LogP contribution in [0.15, 0.2) is 36.4 Å². The number of nitrogens with one attached hydrogen (secondary N) is 1. The molecule has 0 saturated heterocycles. The quantitative estimate of drug-likeness (QED) is 0.786. The lowest BCUT2D eigenvalue weighted by atomic mass is 9.96. The van der Waals surface area contributed by atoms with Crippen LogP contribution in [0.25, 0.3) is 0 Å². The minimum absolute atomic E-state index is 0.00884. The van der Waals surface area contributed by atoms with Gasteiger partial charge < -0.3 is 15.8 Å². The fraction of sp³-hybridized carbons (Fsp3) is 0.278. The highest BCUT2D eigenvalue weighted by atomic mass is 35.5. The minimum Gasteiger partial charge on any atom is -0.496 e. The summed E-state index contributed by atoms with van der Waals surface area (Å²) in [5.74, 6) is 0.180. The van der Waals surface area contributed by atoms with Crippen LogP contribution in [0.2, 0.25) is 10.0 Å². The van der Waals surface area contributed by atoms with Crippen molar-refractivity contribution in [3.63, 3.8) is 0 Å². The number of carbonyl (C=O) groups excluding carboxylic acids is 1. The summed E-state index contributed by atoms with van der Waals surface area (Å²) in [5.41, 5.74) is 7.69. The minimum atomic E-state index is -0.228. The Labute approximate surface area is 150 Å². The third-order valence-corrected chi connectivity index (χ3v) is 5.04. The number of hydrogen-bond acceptors (Lipinski definition) is 3. The molecule has 0 bridgehead atoms. The number of carbonyl (C=O) groups is 1. The summed E-state index contributed by atoms with van der Waals surface area (Å²) in [6.07, 6.45) is 2.07. The number of methoxy groups -OCH3 is 1. The van der Waals surface area contributed by atoms with E-state index in [0.29, 0.717) is 33.6 Å². The summed E-state index contributed by atoms with van der Waals surface area (Å²) >= 11 is 12.0. The van der Waals surface area contributed by atoms with Crippen LogP contribution in [0, 0.1) is 0 Å². The molecule has 0 heterocycles. The Kier molecular flexibility index (Phi) is 4.61. The van der Waals surface area contributed by atoms with E-state index in [1.165, 1.54) is 18.7 Å². The molecule has 0 aromatic heterocycles. The first-order valence-corrected chi connectivity index (χ1v) is 8.38. The Morgan fingerprint density at radius 2 is 1.92 bits per heavy atom. The fourth-order valence-corrected chi connectivity index (χ4v) is 3.07. The molecule has 0 radical (unpaired) electrons. The van der Waals surface area contributed by atoms with Crippen molar-refractivity contribution >= 4 is 34.8 Å². The average molecular weight is 365 g/mol. The van der Waals surface area contributed by atoms with Crippen LogP contribution in [0.1, 0.15) is 28.8 Å². The topological polar surface area (TPSA) is 64.3 Å². The summed E-state index contributed by atoms with van der Waals surface area (Å²) in [6.45, 7) is 0.554. The van der Waals surface area contributed by atoms with Crippen molar-refractivity contribution in [2.45, 2.75) is 18.3 Å². The van der Waals surface area contributed by atoms with Gasteiger partial charge >= 0.3 is 0 Å². The molecule has 2 aromatic rings. The smallest absolute Gasteiger partial charge is 0.255 e. The molecule has 4 nitrogen and oxygen atoms in total. The van der Waals surface area contributed by atoms with Crippen LogP contribution in [-0.4, -0.2) is 19.6 Å². The Balaban J connectivity index is 1.74. The van der Waals surface area contributed by atoms with Gasteiger partial charge in [0.2, 0.25) is 0 Å². The number of hydrogen-bond donors (Lipinski definition) is 2. The molecule has 1 saturated carbocycles. The van der Waals surface area contributed by atoms with Crippen molar-refractivity contribution in [3.05, 3.63) is 57.6 Å². The number of amides is 1. The molecule has 24 heavy (non-hydrogen) atoms. The summed E-state index contributed by atoms with van der Waals surface area (Å²) in [7, 11) is 1.50. The average Bonchev–Trinajstić information content (AvgIpc) is 3.36. The second kappa shape index (κ2) is 6.54. The molecular weight excluding hydrogens is 347 g/mol. The van der Waals surface area contributed by atoms with Gasteiger partial charge in [0.15, 0.2) is 0 Å². The van der Waals surface area contributed by atoms with Gasteiger partial charge in [-0.15, -0.1) is 0 Å². The maximum Gasteiger partial charge on any atom is 0.255 e. The second-order valence-electron chi connectivity index (χ2n) is 6.04. The molecule has 2 aromatic carbocycles. The van der Waals surface area contributed by atoms with Crippen molar-refractivity contribution < 1.29 is 9.53 Å². The van der Waals surface area contributed by atoms with Gasteiger partial charge in [0.1, 0.15) is 5.75 Å². The lowest BCUT2D eigenvalue weighted by molar-refractivity contribution is 0.0946. The van der Waals surface area contributed by atoms with Crippen LogP contribution in [-0.2, 0) is 5.41 Å². The van der Waals surface area contributed by atoms with Crippen LogP contribution in [0.5, 0.6) is 5.75 Å². The van der Waals surface area contributed by atoms with E-state index in [1.807, 2.05) is 24.3 Å². The zero-order valence-corrected chi connectivity index (χ0v) is 14.7. The highest BCUT2D eigenvalue weighted by molar-refractivity contribution is 6.33. The highest BCUT2D eigenvalue weighted by Gasteiger charge is 2.44. The van der Waals surface area contributed by atoms with Gasteiger partial charge in [-0.1, -0.05) is 35.3 Å². The first-order chi connectivity index (χ1) is 11.4. The predicted octanol–water partition coefficient (Wildman–Crippen LogP) is 4.05. The lowest BCUT2D eigenvalue weighted by Crippen LogP contribution is -2.32. The van der Waals surface area contributed by atoms with Gasteiger partial charge in [-0.25, -0.2) is 0 Å². The van der Waals surface area contributed by atoms with Crippen LogP contribution < -0.4 is 15.8 Å². The Morgan fingerprint density at radius 3 is 2.50 bits per heavy atom. The van der Waals surface area contributed by atoms with Gasteiger partial charge in [-0.3, -0.25) is 4.79 Å². The van der Waals surface area contributed by atoms with Gasteiger partial charge in [-0.05, 0) is 36.6 Å². The maximum atomic E-state index is 12.5. The fourth-order valence-electron chi connectivity index (χ4n) is 2.78. The van der Waals surface area contributed by atoms with E-state index in [1.54, 1.807) is 6.07 Å². The molecule has 0 atom stereocenters. The summed E-state index contributed by atoms with van der Waals surface area (Å²) < 4.78 is 5.23. The van der Waals surface area contributed by atoms with E-state index in [4.69, 9.17) is 33.7 Å². The number of rotatable bonds is 5. The van der Waals surface area contributed by atoms with E-state index in [0.717, 1.165) is 12.8 Å². The molecule has 3 N–H and O–H groups in total. The molecule has 1 amide bonds. The highest BCUT2D eigenvalue weighted by Crippen LogP contribution is 2.47. The van der Waals surface area contributed by atoms with E-state index in [-0.39, 0.29) is 11.3 Å². The third-order valence-electron chi connectivity index (χ3n) is 4.46. The summed E-state index contributed by atoms with van der Waals surface area (Å²) in [6, 6.07) is 10.9. The summed E-state index contributed by atoms with van der Waals surface area (Å²) in [5, 5.41) is 4.03. The van der Waals surface area contributed by atoms with Crippen LogP contribution in [0.3, 0.4) is 0 Å². The molecule has 0 aliphatic heterocycles. The molecule has 3 rings (SSSR count). The molecule has 1 aliphatic carbocycles.